The lowest BCUT2D eigenvalue weighted by molar-refractivity contribution is -0.186. The lowest BCUT2D eigenvalue weighted by atomic mass is 10.2. The van der Waals surface area contributed by atoms with Gasteiger partial charge in [-0.2, -0.15) is 13.2 Å². The van der Waals surface area contributed by atoms with Gasteiger partial charge in [-0.25, -0.2) is 0 Å². The molecule has 0 saturated carbocycles. The molecule has 0 unspecified atom stereocenters. The van der Waals surface area contributed by atoms with Crippen LogP contribution in [0.3, 0.4) is 0 Å². The van der Waals surface area contributed by atoms with Crippen LogP contribution in [-0.2, 0) is 16.1 Å². The van der Waals surface area contributed by atoms with Crippen LogP contribution in [-0.4, -0.2) is 29.4 Å². The van der Waals surface area contributed by atoms with E-state index in [1.165, 1.54) is 24.3 Å². The van der Waals surface area contributed by atoms with Crippen molar-refractivity contribution in [3.05, 3.63) is 60.2 Å². The Kier molecular flexibility index (Phi) is 5.63. The molecule has 0 heterocycles. The van der Waals surface area contributed by atoms with Gasteiger partial charge in [-0.05, 0) is 29.8 Å². The zero-order chi connectivity index (χ0) is 18.4. The van der Waals surface area contributed by atoms with Crippen molar-refractivity contribution in [2.45, 2.75) is 12.7 Å². The summed E-state index contributed by atoms with van der Waals surface area (Å²) in [5.74, 6) is -2.80. The number of nitrogens with two attached hydrogens (primary N) is 1. The molecule has 0 aromatic heterocycles. The summed E-state index contributed by atoms with van der Waals surface area (Å²) in [6.07, 6.45) is -5.06. The normalized spacial score (nSPS) is 11.0. The molecule has 0 bridgehead atoms. The highest BCUT2D eigenvalue weighted by Crippen LogP contribution is 2.20. The number of anilines is 2. The highest BCUT2D eigenvalue weighted by Gasteiger charge is 2.42. The highest BCUT2D eigenvalue weighted by atomic mass is 19.4. The Hall–Kier alpha value is -3.03. The third kappa shape index (κ3) is 5.52. The van der Waals surface area contributed by atoms with Gasteiger partial charge in [-0.3, -0.25) is 9.59 Å². The number of amides is 2. The fourth-order valence-electron chi connectivity index (χ4n) is 2.12. The maximum Gasteiger partial charge on any atom is 0.471 e. The molecule has 2 amide bonds. The van der Waals surface area contributed by atoms with Gasteiger partial charge in [-0.1, -0.05) is 30.3 Å². The van der Waals surface area contributed by atoms with E-state index in [1.807, 2.05) is 0 Å². The Bertz CT molecular complexity index is 731. The number of carbonyl (C=O) groups is 2. The van der Waals surface area contributed by atoms with E-state index in [0.717, 1.165) is 0 Å². The van der Waals surface area contributed by atoms with Crippen LogP contribution in [0, 0.1) is 0 Å². The number of carbonyl (C=O) groups excluding carboxylic acids is 2. The maximum absolute atomic E-state index is 12.8. The van der Waals surface area contributed by atoms with E-state index in [2.05, 4.69) is 5.32 Å². The molecule has 2 aromatic carbocycles. The quantitative estimate of drug-likeness (QED) is 0.814. The second kappa shape index (κ2) is 7.69. The summed E-state index contributed by atoms with van der Waals surface area (Å²) in [7, 11) is 0. The van der Waals surface area contributed by atoms with Crippen LogP contribution in [0.2, 0.25) is 0 Å². The van der Waals surface area contributed by atoms with Gasteiger partial charge in [0.2, 0.25) is 5.91 Å². The number of rotatable bonds is 5. The van der Waals surface area contributed by atoms with Crippen LogP contribution >= 0.6 is 0 Å². The molecule has 5 nitrogen and oxygen atoms in total. The molecule has 132 valence electrons. The molecule has 0 fully saturated rings. The van der Waals surface area contributed by atoms with Crippen LogP contribution in [0.5, 0.6) is 0 Å². The second-order valence-corrected chi connectivity index (χ2v) is 5.31. The number of nitrogens with zero attached hydrogens (tertiary/aromatic N) is 1. The van der Waals surface area contributed by atoms with Gasteiger partial charge >= 0.3 is 12.1 Å². The van der Waals surface area contributed by atoms with Crippen molar-refractivity contribution in [2.24, 2.45) is 0 Å². The first-order valence-corrected chi connectivity index (χ1v) is 7.31. The van der Waals surface area contributed by atoms with E-state index in [9.17, 15) is 22.8 Å². The van der Waals surface area contributed by atoms with Gasteiger partial charge in [0.25, 0.3) is 0 Å². The molecule has 25 heavy (non-hydrogen) atoms. The van der Waals surface area contributed by atoms with E-state index in [1.54, 1.807) is 30.3 Å². The SMILES string of the molecule is Nc1ccc(NC(=O)CN(Cc2ccccc2)C(=O)C(F)(F)F)cc1. The van der Waals surface area contributed by atoms with Crippen LogP contribution in [0.15, 0.2) is 54.6 Å². The van der Waals surface area contributed by atoms with Crippen LogP contribution in [0.25, 0.3) is 0 Å². The lowest BCUT2D eigenvalue weighted by Gasteiger charge is -2.23. The molecule has 8 heteroatoms. The van der Waals surface area contributed by atoms with Crippen molar-refractivity contribution >= 4 is 23.2 Å². The van der Waals surface area contributed by atoms with Crippen molar-refractivity contribution in [3.8, 4) is 0 Å². The van der Waals surface area contributed by atoms with Crippen LogP contribution in [0.1, 0.15) is 5.56 Å². The molecule has 0 atom stereocenters. The topological polar surface area (TPSA) is 75.4 Å². The van der Waals surface area contributed by atoms with Gasteiger partial charge in [0, 0.05) is 17.9 Å². The molecular formula is C17H16F3N3O2. The Labute approximate surface area is 142 Å². The number of nitrogens with one attached hydrogen (secondary N) is 1. The number of benzene rings is 2. The molecule has 2 aromatic rings. The summed E-state index contributed by atoms with van der Waals surface area (Å²) in [6.45, 7) is -1.05. The molecule has 0 radical (unpaired) electrons. The summed E-state index contributed by atoms with van der Waals surface area (Å²) in [4.78, 5) is 24.1. The van der Waals surface area contributed by atoms with Crippen molar-refractivity contribution in [3.63, 3.8) is 0 Å². The molecule has 0 saturated heterocycles. The first-order chi connectivity index (χ1) is 11.8. The minimum Gasteiger partial charge on any atom is -0.399 e. The summed E-state index contributed by atoms with van der Waals surface area (Å²) in [6, 6.07) is 14.2. The Balaban J connectivity index is 2.10. The van der Waals surface area contributed by atoms with Gasteiger partial charge < -0.3 is 16.0 Å². The number of hydrogen-bond acceptors (Lipinski definition) is 3. The molecular weight excluding hydrogens is 335 g/mol. The predicted molar refractivity (Wildman–Crippen MR) is 87.4 cm³/mol. The van der Waals surface area contributed by atoms with Crippen molar-refractivity contribution in [1.82, 2.24) is 4.90 Å². The van der Waals surface area contributed by atoms with Crippen LogP contribution in [0.4, 0.5) is 24.5 Å². The second-order valence-electron chi connectivity index (χ2n) is 5.31. The van der Waals surface area contributed by atoms with E-state index in [4.69, 9.17) is 5.73 Å². The first-order valence-electron chi connectivity index (χ1n) is 7.31. The van der Waals surface area contributed by atoms with Gasteiger partial charge in [0.05, 0.1) is 0 Å². The standard InChI is InChI=1S/C17H16F3N3O2/c18-17(19,20)16(25)23(10-12-4-2-1-3-5-12)11-15(24)22-14-8-6-13(21)7-9-14/h1-9H,10-11,21H2,(H,22,24). The monoisotopic (exact) mass is 351 g/mol. The fraction of sp³-hybridized carbons (Fsp3) is 0.176. The molecule has 0 spiro atoms. The zero-order valence-electron chi connectivity index (χ0n) is 13.1. The van der Waals surface area contributed by atoms with E-state index < -0.39 is 24.5 Å². The summed E-state index contributed by atoms with van der Waals surface area (Å²) in [5.41, 5.74) is 6.86. The predicted octanol–water partition coefficient (Wildman–Crippen LogP) is 2.80. The minimum absolute atomic E-state index is 0.325. The van der Waals surface area contributed by atoms with E-state index in [-0.39, 0.29) is 6.54 Å². The van der Waals surface area contributed by atoms with Crippen molar-refractivity contribution in [2.75, 3.05) is 17.6 Å². The van der Waals surface area contributed by atoms with E-state index >= 15 is 0 Å². The third-order valence-corrected chi connectivity index (χ3v) is 3.27. The maximum atomic E-state index is 12.8. The van der Waals surface area contributed by atoms with Crippen LogP contribution < -0.4 is 11.1 Å². The molecule has 2 rings (SSSR count). The number of nitrogen functional groups attached to an aromatic ring is 1. The Morgan fingerprint density at radius 3 is 2.16 bits per heavy atom. The number of alkyl halides is 3. The van der Waals surface area contributed by atoms with Gasteiger partial charge in [0.1, 0.15) is 6.54 Å². The first kappa shape index (κ1) is 18.3. The third-order valence-electron chi connectivity index (χ3n) is 3.27. The number of hydrogen-bond donors (Lipinski definition) is 2. The molecule has 0 aliphatic carbocycles. The molecule has 0 aliphatic rings. The number of halogens is 3. The Morgan fingerprint density at radius 1 is 1.00 bits per heavy atom. The minimum atomic E-state index is -5.06. The summed E-state index contributed by atoms with van der Waals surface area (Å²) < 4.78 is 38.4. The highest BCUT2D eigenvalue weighted by molar-refractivity contribution is 5.95. The van der Waals surface area contributed by atoms with Gasteiger partial charge in [-0.15, -0.1) is 0 Å². The zero-order valence-corrected chi connectivity index (χ0v) is 13.1. The Morgan fingerprint density at radius 2 is 1.60 bits per heavy atom. The smallest absolute Gasteiger partial charge is 0.399 e. The summed E-state index contributed by atoms with van der Waals surface area (Å²) in [5, 5.41) is 2.44. The van der Waals surface area contributed by atoms with Crippen molar-refractivity contribution in [1.29, 1.82) is 0 Å². The molecule has 3 N–H and O–H groups in total. The summed E-state index contributed by atoms with van der Waals surface area (Å²) >= 11 is 0. The fourth-order valence-corrected chi connectivity index (χ4v) is 2.12. The average molecular weight is 351 g/mol. The molecule has 0 aliphatic heterocycles. The van der Waals surface area contributed by atoms with Gasteiger partial charge in [0.15, 0.2) is 0 Å². The van der Waals surface area contributed by atoms with E-state index in [0.29, 0.717) is 21.8 Å². The lowest BCUT2D eigenvalue weighted by Crippen LogP contribution is -2.44. The average Bonchev–Trinajstić information content (AvgIpc) is 2.56. The largest absolute Gasteiger partial charge is 0.471 e. The van der Waals surface area contributed by atoms with Crippen molar-refractivity contribution < 1.29 is 22.8 Å².